The lowest BCUT2D eigenvalue weighted by Gasteiger charge is -2.15. The van der Waals surface area contributed by atoms with Gasteiger partial charge in [0, 0.05) is 16.1 Å². The number of rotatable bonds is 1. The Morgan fingerprint density at radius 3 is 2.93 bits per heavy atom. The van der Waals surface area contributed by atoms with Crippen LogP contribution in [0.3, 0.4) is 0 Å². The van der Waals surface area contributed by atoms with Crippen molar-refractivity contribution in [2.24, 2.45) is 0 Å². The van der Waals surface area contributed by atoms with Crippen LogP contribution >= 0.6 is 15.9 Å². The topological polar surface area (TPSA) is 12.0 Å². The van der Waals surface area contributed by atoms with Crippen LogP contribution in [0.15, 0.2) is 16.6 Å². The summed E-state index contributed by atoms with van der Waals surface area (Å²) in [7, 11) is 0. The van der Waals surface area contributed by atoms with Gasteiger partial charge in [0.15, 0.2) is 0 Å². The summed E-state index contributed by atoms with van der Waals surface area (Å²) in [5.41, 5.74) is 1.89. The molecule has 2 rings (SSSR count). The zero-order chi connectivity index (χ0) is 10.1. The summed E-state index contributed by atoms with van der Waals surface area (Å²) in [6.07, 6.45) is 2.16. The van der Waals surface area contributed by atoms with Crippen molar-refractivity contribution in [2.75, 3.05) is 6.54 Å². The molecular formula is C11H13BrFN. The van der Waals surface area contributed by atoms with E-state index in [2.05, 4.69) is 21.2 Å². The molecule has 1 aliphatic heterocycles. The molecule has 1 atom stereocenters. The average Bonchev–Trinajstić information content (AvgIpc) is 2.65. The molecule has 1 N–H and O–H groups in total. The molecule has 1 nitrogen and oxygen atoms in total. The minimum atomic E-state index is -0.109. The van der Waals surface area contributed by atoms with Crippen molar-refractivity contribution in [1.82, 2.24) is 5.32 Å². The molecule has 1 heterocycles. The highest BCUT2D eigenvalue weighted by Crippen LogP contribution is 2.33. The third kappa shape index (κ3) is 1.71. The van der Waals surface area contributed by atoms with E-state index in [1.165, 1.54) is 0 Å². The first-order chi connectivity index (χ1) is 6.70. The smallest absolute Gasteiger partial charge is 0.129 e. The van der Waals surface area contributed by atoms with Crippen LogP contribution in [-0.2, 0) is 0 Å². The Hall–Kier alpha value is -0.410. The van der Waals surface area contributed by atoms with Gasteiger partial charge in [-0.15, -0.1) is 0 Å². The van der Waals surface area contributed by atoms with Crippen molar-refractivity contribution in [3.63, 3.8) is 0 Å². The van der Waals surface area contributed by atoms with E-state index in [-0.39, 0.29) is 11.9 Å². The third-order valence-electron chi connectivity index (χ3n) is 2.73. The van der Waals surface area contributed by atoms with E-state index >= 15 is 0 Å². The van der Waals surface area contributed by atoms with Crippen LogP contribution in [0.4, 0.5) is 4.39 Å². The molecule has 3 heteroatoms. The maximum atomic E-state index is 13.6. The fourth-order valence-corrected chi connectivity index (χ4v) is 2.53. The fraction of sp³-hybridized carbons (Fsp3) is 0.455. The quantitative estimate of drug-likeness (QED) is 0.814. The zero-order valence-corrected chi connectivity index (χ0v) is 9.70. The lowest BCUT2D eigenvalue weighted by atomic mass is 10.0. The van der Waals surface area contributed by atoms with Gasteiger partial charge in [0.2, 0.25) is 0 Å². The van der Waals surface area contributed by atoms with Crippen molar-refractivity contribution in [2.45, 2.75) is 25.8 Å². The molecule has 1 aliphatic rings. The van der Waals surface area contributed by atoms with E-state index in [0.717, 1.165) is 35.0 Å². The highest BCUT2D eigenvalue weighted by atomic mass is 79.9. The molecule has 0 aromatic heterocycles. The summed E-state index contributed by atoms with van der Waals surface area (Å²) in [5.74, 6) is -0.109. The number of benzene rings is 1. The zero-order valence-electron chi connectivity index (χ0n) is 8.11. The molecule has 1 saturated heterocycles. The minimum absolute atomic E-state index is 0.109. The Bertz CT molecular complexity index is 345. The molecule has 76 valence electrons. The highest BCUT2D eigenvalue weighted by Gasteiger charge is 2.22. The van der Waals surface area contributed by atoms with E-state index < -0.39 is 0 Å². The van der Waals surface area contributed by atoms with Gasteiger partial charge >= 0.3 is 0 Å². The molecule has 0 bridgehead atoms. The predicted molar refractivity (Wildman–Crippen MR) is 58.8 cm³/mol. The fourth-order valence-electron chi connectivity index (χ4n) is 1.93. The number of hydrogen-bond acceptors (Lipinski definition) is 1. The number of hydrogen-bond donors (Lipinski definition) is 1. The van der Waals surface area contributed by atoms with E-state index in [9.17, 15) is 4.39 Å². The van der Waals surface area contributed by atoms with Crippen molar-refractivity contribution in [3.8, 4) is 0 Å². The van der Waals surface area contributed by atoms with Crippen LogP contribution < -0.4 is 5.32 Å². The van der Waals surface area contributed by atoms with Gasteiger partial charge in [-0.3, -0.25) is 0 Å². The average molecular weight is 258 g/mol. The molecule has 0 spiro atoms. The Morgan fingerprint density at radius 2 is 2.29 bits per heavy atom. The SMILES string of the molecule is Cc1ccc(F)c([C@H]2CCCN2)c1Br. The van der Waals surface area contributed by atoms with Crippen LogP contribution in [0.2, 0.25) is 0 Å². The second-order valence-electron chi connectivity index (χ2n) is 3.74. The third-order valence-corrected chi connectivity index (χ3v) is 3.78. The molecule has 1 aromatic carbocycles. The first-order valence-corrected chi connectivity index (χ1v) is 5.67. The van der Waals surface area contributed by atoms with Crippen LogP contribution in [0.25, 0.3) is 0 Å². The largest absolute Gasteiger partial charge is 0.310 e. The summed E-state index contributed by atoms with van der Waals surface area (Å²) >= 11 is 3.46. The summed E-state index contributed by atoms with van der Waals surface area (Å²) < 4.78 is 14.5. The maximum Gasteiger partial charge on any atom is 0.129 e. The van der Waals surface area contributed by atoms with E-state index in [4.69, 9.17) is 0 Å². The molecule has 0 amide bonds. The first-order valence-electron chi connectivity index (χ1n) is 4.88. The van der Waals surface area contributed by atoms with Crippen molar-refractivity contribution < 1.29 is 4.39 Å². The van der Waals surface area contributed by atoms with Crippen LogP contribution in [0, 0.1) is 12.7 Å². The first kappa shape index (κ1) is 10.1. The normalized spacial score (nSPS) is 21.5. The summed E-state index contributed by atoms with van der Waals surface area (Å²) in [6.45, 7) is 2.98. The molecule has 1 fully saturated rings. The van der Waals surface area contributed by atoms with E-state index in [1.807, 2.05) is 6.92 Å². The van der Waals surface area contributed by atoms with Gasteiger partial charge in [0.05, 0.1) is 0 Å². The Kier molecular flexibility index (Phi) is 2.88. The van der Waals surface area contributed by atoms with Crippen LogP contribution in [0.1, 0.15) is 30.0 Å². The van der Waals surface area contributed by atoms with E-state index in [1.54, 1.807) is 12.1 Å². The highest BCUT2D eigenvalue weighted by molar-refractivity contribution is 9.10. The van der Waals surface area contributed by atoms with Gasteiger partial charge in [-0.1, -0.05) is 22.0 Å². The summed E-state index contributed by atoms with van der Waals surface area (Å²) in [6, 6.07) is 3.54. The molecule has 0 aliphatic carbocycles. The Morgan fingerprint density at radius 1 is 1.50 bits per heavy atom. The molecule has 0 unspecified atom stereocenters. The summed E-state index contributed by atoms with van der Waals surface area (Å²) in [4.78, 5) is 0. The Labute approximate surface area is 91.8 Å². The van der Waals surface area contributed by atoms with Gasteiger partial charge in [0.1, 0.15) is 5.82 Å². The Balaban J connectivity index is 2.44. The monoisotopic (exact) mass is 257 g/mol. The predicted octanol–water partition coefficient (Wildman–Crippen LogP) is 3.32. The molecule has 14 heavy (non-hydrogen) atoms. The number of halogens is 2. The lowest BCUT2D eigenvalue weighted by Crippen LogP contribution is -2.15. The maximum absolute atomic E-state index is 13.6. The molecular weight excluding hydrogens is 245 g/mol. The van der Waals surface area contributed by atoms with Crippen molar-refractivity contribution in [1.29, 1.82) is 0 Å². The minimum Gasteiger partial charge on any atom is -0.310 e. The van der Waals surface area contributed by atoms with Crippen molar-refractivity contribution in [3.05, 3.63) is 33.5 Å². The van der Waals surface area contributed by atoms with Gasteiger partial charge in [0.25, 0.3) is 0 Å². The van der Waals surface area contributed by atoms with Crippen molar-refractivity contribution >= 4 is 15.9 Å². The second-order valence-corrected chi connectivity index (χ2v) is 4.53. The summed E-state index contributed by atoms with van der Waals surface area (Å²) in [5, 5.41) is 3.31. The van der Waals surface area contributed by atoms with Gasteiger partial charge in [-0.2, -0.15) is 0 Å². The number of nitrogens with one attached hydrogen (secondary N) is 1. The van der Waals surface area contributed by atoms with Gasteiger partial charge < -0.3 is 5.32 Å². The standard InChI is InChI=1S/C11H13BrFN/c1-7-4-5-8(13)10(11(7)12)9-3-2-6-14-9/h4-5,9,14H,2-3,6H2,1H3/t9-/m1/s1. The molecule has 0 radical (unpaired) electrons. The lowest BCUT2D eigenvalue weighted by molar-refractivity contribution is 0.555. The van der Waals surface area contributed by atoms with Gasteiger partial charge in [-0.25, -0.2) is 4.39 Å². The number of aryl methyl sites for hydroxylation is 1. The van der Waals surface area contributed by atoms with E-state index in [0.29, 0.717) is 0 Å². The van der Waals surface area contributed by atoms with Crippen LogP contribution in [0.5, 0.6) is 0 Å². The second kappa shape index (κ2) is 3.99. The van der Waals surface area contributed by atoms with Gasteiger partial charge in [-0.05, 0) is 37.9 Å². The molecule has 1 aromatic rings. The van der Waals surface area contributed by atoms with Crippen LogP contribution in [-0.4, -0.2) is 6.54 Å². The molecule has 0 saturated carbocycles.